The smallest absolute Gasteiger partial charge is 0.306 e. The number of ether oxygens (including phenoxy) is 4. The van der Waals surface area contributed by atoms with Gasteiger partial charge in [-0.3, -0.25) is 4.79 Å². The number of carbonyl (C=O) groups is 1. The lowest BCUT2D eigenvalue weighted by Gasteiger charge is -2.12. The van der Waals surface area contributed by atoms with Crippen molar-refractivity contribution in [2.24, 2.45) is 0 Å². The van der Waals surface area contributed by atoms with E-state index < -0.39 is 0 Å². The number of hydrogen-bond acceptors (Lipinski definition) is 6. The molecule has 0 radical (unpaired) electrons. The van der Waals surface area contributed by atoms with Crippen molar-refractivity contribution in [3.8, 4) is 23.0 Å². The molecule has 0 spiro atoms. The summed E-state index contributed by atoms with van der Waals surface area (Å²) in [5.41, 5.74) is 1.56. The Kier molecular flexibility index (Phi) is 6.29. The summed E-state index contributed by atoms with van der Waals surface area (Å²) in [6.07, 6.45) is 1.44. The molecule has 6 nitrogen and oxygen atoms in total. The van der Waals surface area contributed by atoms with Crippen LogP contribution in [-0.2, 0) is 22.6 Å². The fourth-order valence-electron chi connectivity index (χ4n) is 2.74. The first-order valence-corrected chi connectivity index (χ1v) is 9.04. The van der Waals surface area contributed by atoms with Gasteiger partial charge in [0.1, 0.15) is 6.61 Å². The number of halogens is 1. The summed E-state index contributed by atoms with van der Waals surface area (Å²) in [5.74, 6) is 1.20. The van der Waals surface area contributed by atoms with Gasteiger partial charge in [-0.1, -0.05) is 17.7 Å². The Morgan fingerprint density at radius 3 is 2.78 bits per heavy atom. The van der Waals surface area contributed by atoms with Gasteiger partial charge < -0.3 is 24.1 Å². The molecule has 0 aromatic heterocycles. The maximum atomic E-state index is 12.0. The predicted octanol–water partition coefficient (Wildman–Crippen LogP) is 3.89. The van der Waals surface area contributed by atoms with Crippen molar-refractivity contribution in [3.05, 3.63) is 46.5 Å². The molecule has 144 valence electrons. The molecular formula is C20H21ClO6. The second kappa shape index (κ2) is 8.86. The highest BCUT2D eigenvalue weighted by atomic mass is 35.5. The van der Waals surface area contributed by atoms with E-state index in [1.54, 1.807) is 30.3 Å². The van der Waals surface area contributed by atoms with Gasteiger partial charge in [-0.15, -0.1) is 0 Å². The van der Waals surface area contributed by atoms with Crippen molar-refractivity contribution >= 4 is 17.6 Å². The maximum Gasteiger partial charge on any atom is 0.306 e. The Bertz CT molecular complexity index is 820. The molecule has 0 saturated carbocycles. The number of fused-ring (bicyclic) bond motifs is 1. The standard InChI is InChI=1S/C20H21ClO6/c1-24-17-5-3-13(10-16(17)22)4-6-19(23)27-12-14-9-15(21)20-18(11-14)25-7-2-8-26-20/h3,5,9-11,22H,2,4,6-8,12H2,1H3. The summed E-state index contributed by atoms with van der Waals surface area (Å²) in [4.78, 5) is 12.0. The number of benzene rings is 2. The minimum atomic E-state index is -0.339. The molecule has 0 atom stereocenters. The molecule has 1 aliphatic rings. The van der Waals surface area contributed by atoms with Crippen LogP contribution in [0.2, 0.25) is 5.02 Å². The average molecular weight is 393 g/mol. The van der Waals surface area contributed by atoms with E-state index in [-0.39, 0.29) is 24.7 Å². The molecule has 2 aromatic rings. The molecule has 3 rings (SSSR count). The highest BCUT2D eigenvalue weighted by molar-refractivity contribution is 6.32. The van der Waals surface area contributed by atoms with Crippen molar-refractivity contribution in [2.45, 2.75) is 25.9 Å². The van der Waals surface area contributed by atoms with Crippen LogP contribution in [0.25, 0.3) is 0 Å². The van der Waals surface area contributed by atoms with Crippen LogP contribution >= 0.6 is 11.6 Å². The third-order valence-electron chi connectivity index (χ3n) is 4.12. The van der Waals surface area contributed by atoms with Gasteiger partial charge in [-0.2, -0.15) is 0 Å². The Balaban J connectivity index is 1.54. The molecule has 1 aliphatic heterocycles. The number of aryl methyl sites for hydroxylation is 1. The van der Waals surface area contributed by atoms with E-state index in [4.69, 9.17) is 30.5 Å². The molecule has 0 bridgehead atoms. The fraction of sp³-hybridized carbons (Fsp3) is 0.350. The van der Waals surface area contributed by atoms with Crippen LogP contribution in [-0.4, -0.2) is 31.4 Å². The Hall–Kier alpha value is -2.60. The summed E-state index contributed by atoms with van der Waals surface area (Å²) < 4.78 is 21.5. The number of methoxy groups -OCH3 is 1. The van der Waals surface area contributed by atoms with E-state index in [0.717, 1.165) is 17.5 Å². The van der Waals surface area contributed by atoms with E-state index in [1.165, 1.54) is 7.11 Å². The van der Waals surface area contributed by atoms with Gasteiger partial charge in [0.2, 0.25) is 0 Å². The lowest BCUT2D eigenvalue weighted by Crippen LogP contribution is -2.06. The van der Waals surface area contributed by atoms with Crippen molar-refractivity contribution in [1.82, 2.24) is 0 Å². The Morgan fingerprint density at radius 2 is 2.00 bits per heavy atom. The second-order valence-corrected chi connectivity index (χ2v) is 6.53. The van der Waals surface area contributed by atoms with E-state index >= 15 is 0 Å². The van der Waals surface area contributed by atoms with E-state index in [1.807, 2.05) is 0 Å². The zero-order valence-corrected chi connectivity index (χ0v) is 15.8. The molecule has 1 N–H and O–H groups in total. The largest absolute Gasteiger partial charge is 0.504 e. The second-order valence-electron chi connectivity index (χ2n) is 6.12. The molecule has 0 aliphatic carbocycles. The van der Waals surface area contributed by atoms with Crippen molar-refractivity contribution in [2.75, 3.05) is 20.3 Å². The number of rotatable bonds is 6. The van der Waals surface area contributed by atoms with Crippen molar-refractivity contribution in [1.29, 1.82) is 0 Å². The number of phenolic OH excluding ortho intramolecular Hbond substituents is 1. The van der Waals surface area contributed by atoms with E-state index in [2.05, 4.69) is 0 Å². The molecule has 1 heterocycles. The minimum absolute atomic E-state index is 0.0465. The molecule has 7 heteroatoms. The first-order valence-electron chi connectivity index (χ1n) is 8.66. The Labute approximate surface area is 162 Å². The fourth-order valence-corrected chi connectivity index (χ4v) is 3.03. The van der Waals surface area contributed by atoms with Gasteiger partial charge >= 0.3 is 5.97 Å². The summed E-state index contributed by atoms with van der Waals surface area (Å²) in [5, 5.41) is 10.2. The van der Waals surface area contributed by atoms with Gasteiger partial charge in [-0.25, -0.2) is 0 Å². The van der Waals surface area contributed by atoms with Gasteiger partial charge in [0.25, 0.3) is 0 Å². The molecule has 27 heavy (non-hydrogen) atoms. The van der Waals surface area contributed by atoms with Gasteiger partial charge in [0.15, 0.2) is 23.0 Å². The van der Waals surface area contributed by atoms with Crippen LogP contribution in [0.3, 0.4) is 0 Å². The molecule has 0 saturated heterocycles. The molecule has 0 unspecified atom stereocenters. The quantitative estimate of drug-likeness (QED) is 0.752. The third-order valence-corrected chi connectivity index (χ3v) is 4.40. The topological polar surface area (TPSA) is 74.2 Å². The summed E-state index contributed by atoms with van der Waals surface area (Å²) >= 11 is 6.24. The molecule has 0 amide bonds. The monoisotopic (exact) mass is 392 g/mol. The first-order chi connectivity index (χ1) is 13.1. The van der Waals surface area contributed by atoms with Gasteiger partial charge in [0.05, 0.1) is 25.3 Å². The van der Waals surface area contributed by atoms with Crippen molar-refractivity contribution in [3.63, 3.8) is 0 Å². The van der Waals surface area contributed by atoms with Crippen LogP contribution in [0, 0.1) is 0 Å². The number of hydrogen-bond donors (Lipinski definition) is 1. The lowest BCUT2D eigenvalue weighted by molar-refractivity contribution is -0.144. The molecule has 2 aromatic carbocycles. The average Bonchev–Trinajstić information content (AvgIpc) is 2.90. The van der Waals surface area contributed by atoms with Crippen LogP contribution in [0.4, 0.5) is 0 Å². The van der Waals surface area contributed by atoms with Gasteiger partial charge in [0, 0.05) is 12.8 Å². The van der Waals surface area contributed by atoms with Crippen LogP contribution in [0.1, 0.15) is 24.0 Å². The zero-order chi connectivity index (χ0) is 19.2. The first kappa shape index (κ1) is 19.2. The number of esters is 1. The molecular weight excluding hydrogens is 372 g/mol. The van der Waals surface area contributed by atoms with E-state index in [0.29, 0.717) is 41.9 Å². The maximum absolute atomic E-state index is 12.0. The highest BCUT2D eigenvalue weighted by Crippen LogP contribution is 2.38. The van der Waals surface area contributed by atoms with Crippen LogP contribution in [0.15, 0.2) is 30.3 Å². The van der Waals surface area contributed by atoms with Crippen molar-refractivity contribution < 1.29 is 28.8 Å². The summed E-state index contributed by atoms with van der Waals surface area (Å²) in [7, 11) is 1.48. The highest BCUT2D eigenvalue weighted by Gasteiger charge is 2.16. The lowest BCUT2D eigenvalue weighted by atomic mass is 10.1. The minimum Gasteiger partial charge on any atom is -0.504 e. The predicted molar refractivity (Wildman–Crippen MR) is 99.8 cm³/mol. The Morgan fingerprint density at radius 1 is 1.19 bits per heavy atom. The number of aromatic hydroxyl groups is 1. The van der Waals surface area contributed by atoms with Crippen LogP contribution < -0.4 is 14.2 Å². The van der Waals surface area contributed by atoms with Crippen LogP contribution in [0.5, 0.6) is 23.0 Å². The number of phenols is 1. The van der Waals surface area contributed by atoms with E-state index in [9.17, 15) is 9.90 Å². The third kappa shape index (κ3) is 4.98. The summed E-state index contributed by atoms with van der Waals surface area (Å²) in [6.45, 7) is 1.21. The summed E-state index contributed by atoms with van der Waals surface area (Å²) in [6, 6.07) is 8.53. The number of carbonyl (C=O) groups excluding carboxylic acids is 1. The van der Waals surface area contributed by atoms with Gasteiger partial charge in [-0.05, 0) is 41.8 Å². The normalized spacial score (nSPS) is 13.0. The SMILES string of the molecule is COc1ccc(CCC(=O)OCc2cc(Cl)c3c(c2)OCCCO3)cc1O. The zero-order valence-electron chi connectivity index (χ0n) is 15.0. The molecule has 0 fully saturated rings.